The van der Waals surface area contributed by atoms with E-state index in [1.54, 1.807) is 24.5 Å². The zero-order valence-electron chi connectivity index (χ0n) is 10.8. The number of carbonyl (C=O) groups excluding carboxylic acids is 1. The molecule has 19 heavy (non-hydrogen) atoms. The Balaban J connectivity index is 1.94. The molecule has 0 radical (unpaired) electrons. The highest BCUT2D eigenvalue weighted by molar-refractivity contribution is 5.86. The van der Waals surface area contributed by atoms with Crippen LogP contribution >= 0.6 is 0 Å². The normalized spacial score (nSPS) is 12.1. The van der Waals surface area contributed by atoms with Crippen molar-refractivity contribution in [3.8, 4) is 0 Å². The molecule has 100 valence electrons. The molecule has 0 N–H and O–H groups in total. The van der Waals surface area contributed by atoms with Crippen LogP contribution in [-0.2, 0) is 16.1 Å². The van der Waals surface area contributed by atoms with Crippen molar-refractivity contribution in [1.82, 2.24) is 4.98 Å². The predicted octanol–water partition coefficient (Wildman–Crippen LogP) is 2.74. The lowest BCUT2D eigenvalue weighted by atomic mass is 10.3. The summed E-state index contributed by atoms with van der Waals surface area (Å²) in [6.45, 7) is 2.32. The summed E-state index contributed by atoms with van der Waals surface area (Å²) in [7, 11) is 1.31. The molecule has 1 atom stereocenters. The number of methoxy groups -OCH3 is 1. The van der Waals surface area contributed by atoms with Crippen molar-refractivity contribution in [3.05, 3.63) is 53.7 Å². The van der Waals surface area contributed by atoms with E-state index in [1.165, 1.54) is 7.11 Å². The highest BCUT2D eigenvalue weighted by Crippen LogP contribution is 2.21. The van der Waals surface area contributed by atoms with Crippen LogP contribution in [0.5, 0.6) is 0 Å². The number of nitrogens with zero attached hydrogens (tertiary/aromatic N) is 1. The molecule has 0 aliphatic heterocycles. The van der Waals surface area contributed by atoms with E-state index in [1.807, 2.05) is 19.1 Å². The summed E-state index contributed by atoms with van der Waals surface area (Å²) in [5.74, 6) is 0.277. The third-order valence-corrected chi connectivity index (χ3v) is 2.66. The number of hydrogen-bond donors (Lipinski definition) is 0. The smallest absolute Gasteiger partial charge is 0.373 e. The van der Waals surface area contributed by atoms with Gasteiger partial charge < -0.3 is 13.9 Å². The number of rotatable bonds is 5. The van der Waals surface area contributed by atoms with Crippen molar-refractivity contribution in [2.45, 2.75) is 19.6 Å². The monoisotopic (exact) mass is 261 g/mol. The van der Waals surface area contributed by atoms with E-state index in [4.69, 9.17) is 9.15 Å². The van der Waals surface area contributed by atoms with Crippen LogP contribution in [0.15, 0.2) is 41.1 Å². The molecule has 2 rings (SSSR count). The number of hydrogen-bond acceptors (Lipinski definition) is 5. The lowest BCUT2D eigenvalue weighted by Crippen LogP contribution is -2.01. The van der Waals surface area contributed by atoms with Crippen LogP contribution in [0.3, 0.4) is 0 Å². The minimum absolute atomic E-state index is 0.178. The molecule has 0 saturated carbocycles. The van der Waals surface area contributed by atoms with E-state index in [0.29, 0.717) is 12.4 Å². The predicted molar refractivity (Wildman–Crippen MR) is 67.5 cm³/mol. The molecule has 0 aliphatic carbocycles. The summed E-state index contributed by atoms with van der Waals surface area (Å²) >= 11 is 0. The highest BCUT2D eigenvalue weighted by atomic mass is 16.5. The summed E-state index contributed by atoms with van der Waals surface area (Å²) in [4.78, 5) is 15.2. The summed E-state index contributed by atoms with van der Waals surface area (Å²) in [5, 5.41) is 0. The molecule has 0 amide bonds. The largest absolute Gasteiger partial charge is 0.463 e. The van der Waals surface area contributed by atoms with Gasteiger partial charge in [0.05, 0.1) is 13.7 Å². The maximum atomic E-state index is 11.3. The Morgan fingerprint density at radius 2 is 2.05 bits per heavy atom. The molecule has 0 saturated heterocycles. The fraction of sp³-hybridized carbons (Fsp3) is 0.286. The molecule has 5 heteroatoms. The Labute approximate surface area is 111 Å². The first-order chi connectivity index (χ1) is 9.20. The lowest BCUT2D eigenvalue weighted by Gasteiger charge is -2.10. The van der Waals surface area contributed by atoms with Crippen LogP contribution in [0.1, 0.15) is 34.9 Å². The number of carbonyl (C=O) groups is 1. The summed E-state index contributed by atoms with van der Waals surface area (Å²) in [5.41, 5.74) is 1.03. The molecule has 5 nitrogen and oxygen atoms in total. The Kier molecular flexibility index (Phi) is 4.30. The van der Waals surface area contributed by atoms with Crippen LogP contribution in [0, 0.1) is 0 Å². The van der Waals surface area contributed by atoms with E-state index in [2.05, 4.69) is 9.72 Å². The van der Waals surface area contributed by atoms with Gasteiger partial charge in [-0.2, -0.15) is 0 Å². The van der Waals surface area contributed by atoms with Gasteiger partial charge in [0.15, 0.2) is 0 Å². The van der Waals surface area contributed by atoms with Gasteiger partial charge in [-0.3, -0.25) is 4.98 Å². The summed E-state index contributed by atoms with van der Waals surface area (Å²) in [6, 6.07) is 7.06. The number of ether oxygens (including phenoxy) is 2. The van der Waals surface area contributed by atoms with Gasteiger partial charge in [0.2, 0.25) is 5.76 Å². The molecular formula is C14H15NO4. The van der Waals surface area contributed by atoms with Gasteiger partial charge >= 0.3 is 5.97 Å². The first-order valence-electron chi connectivity index (χ1n) is 5.89. The van der Waals surface area contributed by atoms with Crippen LogP contribution in [-0.4, -0.2) is 18.1 Å². The molecule has 2 aromatic rings. The Morgan fingerprint density at radius 1 is 1.32 bits per heavy atom. The topological polar surface area (TPSA) is 61.6 Å². The SMILES string of the molecule is COC(=O)c1ccc(C(C)OCc2ccncc2)o1. The molecular weight excluding hydrogens is 246 g/mol. The Hall–Kier alpha value is -2.14. The van der Waals surface area contributed by atoms with Crippen molar-refractivity contribution in [2.24, 2.45) is 0 Å². The second-order valence-electron chi connectivity index (χ2n) is 4.00. The van der Waals surface area contributed by atoms with Gasteiger partial charge in [-0.25, -0.2) is 4.79 Å². The molecule has 0 aliphatic rings. The number of esters is 1. The summed E-state index contributed by atoms with van der Waals surface area (Å²) in [6.07, 6.45) is 3.18. The third-order valence-electron chi connectivity index (χ3n) is 2.66. The molecule has 0 fully saturated rings. The minimum atomic E-state index is -0.493. The quantitative estimate of drug-likeness (QED) is 0.774. The fourth-order valence-electron chi connectivity index (χ4n) is 1.56. The molecule has 2 aromatic heterocycles. The van der Waals surface area contributed by atoms with Crippen molar-refractivity contribution in [1.29, 1.82) is 0 Å². The number of pyridine rings is 1. The van der Waals surface area contributed by atoms with E-state index < -0.39 is 5.97 Å². The standard InChI is InChI=1S/C14H15NO4/c1-10(18-9-11-5-7-15-8-6-11)12-3-4-13(19-12)14(16)17-2/h3-8,10H,9H2,1-2H3. The Bertz CT molecular complexity index is 535. The van der Waals surface area contributed by atoms with Gasteiger partial charge in [0, 0.05) is 12.4 Å². The molecule has 0 spiro atoms. The average molecular weight is 261 g/mol. The van der Waals surface area contributed by atoms with Gasteiger partial charge in [-0.15, -0.1) is 0 Å². The highest BCUT2D eigenvalue weighted by Gasteiger charge is 2.15. The second kappa shape index (κ2) is 6.15. The molecule has 0 bridgehead atoms. The van der Waals surface area contributed by atoms with Gasteiger partial charge in [-0.05, 0) is 36.8 Å². The van der Waals surface area contributed by atoms with Crippen LogP contribution in [0.4, 0.5) is 0 Å². The maximum absolute atomic E-state index is 11.3. The van der Waals surface area contributed by atoms with E-state index in [-0.39, 0.29) is 11.9 Å². The van der Waals surface area contributed by atoms with Crippen molar-refractivity contribution in [2.75, 3.05) is 7.11 Å². The zero-order valence-corrected chi connectivity index (χ0v) is 10.8. The summed E-state index contributed by atoms with van der Waals surface area (Å²) < 4.78 is 15.6. The van der Waals surface area contributed by atoms with E-state index in [0.717, 1.165) is 5.56 Å². The Morgan fingerprint density at radius 3 is 2.74 bits per heavy atom. The van der Waals surface area contributed by atoms with Crippen molar-refractivity contribution in [3.63, 3.8) is 0 Å². The van der Waals surface area contributed by atoms with Gasteiger partial charge in [0.1, 0.15) is 11.9 Å². The number of aromatic nitrogens is 1. The van der Waals surface area contributed by atoms with Crippen LogP contribution in [0.25, 0.3) is 0 Å². The maximum Gasteiger partial charge on any atom is 0.373 e. The van der Waals surface area contributed by atoms with E-state index in [9.17, 15) is 4.79 Å². The van der Waals surface area contributed by atoms with Crippen LogP contribution < -0.4 is 0 Å². The van der Waals surface area contributed by atoms with E-state index >= 15 is 0 Å². The fourth-order valence-corrected chi connectivity index (χ4v) is 1.56. The first-order valence-corrected chi connectivity index (χ1v) is 5.89. The van der Waals surface area contributed by atoms with Gasteiger partial charge in [0.25, 0.3) is 0 Å². The molecule has 0 aromatic carbocycles. The minimum Gasteiger partial charge on any atom is -0.463 e. The van der Waals surface area contributed by atoms with Gasteiger partial charge in [-0.1, -0.05) is 0 Å². The molecule has 2 heterocycles. The second-order valence-corrected chi connectivity index (χ2v) is 4.00. The lowest BCUT2D eigenvalue weighted by molar-refractivity contribution is 0.0350. The van der Waals surface area contributed by atoms with Crippen LogP contribution in [0.2, 0.25) is 0 Å². The average Bonchev–Trinajstić information content (AvgIpc) is 2.95. The zero-order chi connectivity index (χ0) is 13.7. The number of furan rings is 1. The third kappa shape index (κ3) is 3.42. The van der Waals surface area contributed by atoms with Crippen molar-refractivity contribution < 1.29 is 18.7 Å². The first kappa shape index (κ1) is 13.3. The van der Waals surface area contributed by atoms with Crippen molar-refractivity contribution >= 4 is 5.97 Å². The molecule has 1 unspecified atom stereocenters.